The maximum absolute atomic E-state index is 13.8. The zero-order chi connectivity index (χ0) is 15.8. The fourth-order valence-electron chi connectivity index (χ4n) is 2.37. The second-order valence-electron chi connectivity index (χ2n) is 5.79. The number of unbranched alkanes of at least 4 members (excludes halogenated alkanes) is 1. The van der Waals surface area contributed by atoms with Gasteiger partial charge in [-0.15, -0.1) is 0 Å². The van der Waals surface area contributed by atoms with Crippen molar-refractivity contribution in [2.45, 2.75) is 59.8 Å². The van der Waals surface area contributed by atoms with Crippen LogP contribution in [-0.2, 0) is 11.2 Å². The molecule has 0 saturated carbocycles. The van der Waals surface area contributed by atoms with Gasteiger partial charge in [0.1, 0.15) is 5.82 Å². The molecule has 0 N–H and O–H groups in total. The standard InChI is InChI=1S/C19H27FO/c1-5-7-8-19(21)17(15(4)6-2)11-10-16-13-14(3)9-12-18(16)20/h9,11-13,15H,5-8,10H2,1-4H3. The van der Waals surface area contributed by atoms with Gasteiger partial charge in [0.15, 0.2) is 5.78 Å². The molecule has 0 aliphatic heterocycles. The van der Waals surface area contributed by atoms with Crippen LogP contribution in [0.1, 0.15) is 57.6 Å². The number of hydrogen-bond donors (Lipinski definition) is 0. The number of benzene rings is 1. The summed E-state index contributed by atoms with van der Waals surface area (Å²) in [5, 5.41) is 0. The minimum atomic E-state index is -0.193. The molecule has 0 heterocycles. The summed E-state index contributed by atoms with van der Waals surface area (Å²) in [5.41, 5.74) is 2.58. The quantitative estimate of drug-likeness (QED) is 0.585. The van der Waals surface area contributed by atoms with Crippen molar-refractivity contribution < 1.29 is 9.18 Å². The fourth-order valence-corrected chi connectivity index (χ4v) is 2.37. The van der Waals surface area contributed by atoms with Crippen molar-refractivity contribution in [2.24, 2.45) is 5.92 Å². The van der Waals surface area contributed by atoms with Crippen molar-refractivity contribution in [2.75, 3.05) is 0 Å². The van der Waals surface area contributed by atoms with Gasteiger partial charge in [-0.1, -0.05) is 51.0 Å². The molecule has 1 nitrogen and oxygen atoms in total. The number of allylic oxidation sites excluding steroid dienone is 2. The first-order valence-corrected chi connectivity index (χ1v) is 7.97. The van der Waals surface area contributed by atoms with E-state index in [9.17, 15) is 9.18 Å². The molecule has 21 heavy (non-hydrogen) atoms. The molecule has 0 aliphatic carbocycles. The average Bonchev–Trinajstić information content (AvgIpc) is 2.48. The summed E-state index contributed by atoms with van der Waals surface area (Å²) in [6.45, 7) is 8.19. The van der Waals surface area contributed by atoms with E-state index in [1.807, 2.05) is 19.1 Å². The number of hydrogen-bond acceptors (Lipinski definition) is 1. The minimum Gasteiger partial charge on any atom is -0.295 e. The Kier molecular flexibility index (Phi) is 7.35. The number of rotatable bonds is 8. The van der Waals surface area contributed by atoms with E-state index in [1.54, 1.807) is 6.07 Å². The highest BCUT2D eigenvalue weighted by Crippen LogP contribution is 2.20. The number of halogens is 1. The van der Waals surface area contributed by atoms with E-state index in [-0.39, 0.29) is 17.5 Å². The summed E-state index contributed by atoms with van der Waals surface area (Å²) in [6, 6.07) is 5.13. The minimum absolute atomic E-state index is 0.193. The lowest BCUT2D eigenvalue weighted by molar-refractivity contribution is -0.116. The second kappa shape index (κ2) is 8.76. The first-order valence-electron chi connectivity index (χ1n) is 7.97. The lowest BCUT2D eigenvalue weighted by atomic mass is 9.90. The normalized spacial score (nSPS) is 13.3. The summed E-state index contributed by atoms with van der Waals surface area (Å²) in [7, 11) is 0. The molecular weight excluding hydrogens is 263 g/mol. The zero-order valence-corrected chi connectivity index (χ0v) is 13.7. The van der Waals surface area contributed by atoms with Gasteiger partial charge in [-0.2, -0.15) is 0 Å². The second-order valence-corrected chi connectivity index (χ2v) is 5.79. The van der Waals surface area contributed by atoms with Gasteiger partial charge in [-0.3, -0.25) is 4.79 Å². The van der Waals surface area contributed by atoms with Crippen LogP contribution in [0.4, 0.5) is 4.39 Å². The number of carbonyl (C=O) groups is 1. The molecule has 1 atom stereocenters. The molecular formula is C19H27FO. The summed E-state index contributed by atoms with van der Waals surface area (Å²) in [6.07, 6.45) is 5.90. The van der Waals surface area contributed by atoms with Crippen LogP contribution in [0.2, 0.25) is 0 Å². The van der Waals surface area contributed by atoms with E-state index in [0.717, 1.165) is 30.4 Å². The van der Waals surface area contributed by atoms with Gasteiger partial charge in [0.05, 0.1) is 0 Å². The van der Waals surface area contributed by atoms with Crippen LogP contribution in [0.3, 0.4) is 0 Å². The molecule has 1 unspecified atom stereocenters. The van der Waals surface area contributed by atoms with Gasteiger partial charge in [0.2, 0.25) is 0 Å². The Hall–Kier alpha value is -1.44. The molecule has 0 bridgehead atoms. The van der Waals surface area contributed by atoms with E-state index in [1.165, 1.54) is 6.07 Å². The van der Waals surface area contributed by atoms with Gasteiger partial charge in [0.25, 0.3) is 0 Å². The molecule has 0 fully saturated rings. The highest BCUT2D eigenvalue weighted by atomic mass is 19.1. The lowest BCUT2D eigenvalue weighted by Gasteiger charge is -2.13. The zero-order valence-electron chi connectivity index (χ0n) is 13.7. The molecule has 0 spiro atoms. The molecule has 2 heteroatoms. The average molecular weight is 290 g/mol. The molecule has 1 aromatic carbocycles. The fraction of sp³-hybridized carbons (Fsp3) is 0.526. The van der Waals surface area contributed by atoms with E-state index in [4.69, 9.17) is 0 Å². The lowest BCUT2D eigenvalue weighted by Crippen LogP contribution is -2.11. The number of carbonyl (C=O) groups excluding carboxylic acids is 1. The Morgan fingerprint density at radius 1 is 1.33 bits per heavy atom. The van der Waals surface area contributed by atoms with Crippen LogP contribution in [0.5, 0.6) is 0 Å². The van der Waals surface area contributed by atoms with Crippen LogP contribution in [0.25, 0.3) is 0 Å². The summed E-state index contributed by atoms with van der Waals surface area (Å²) in [4.78, 5) is 12.3. The smallest absolute Gasteiger partial charge is 0.158 e. The van der Waals surface area contributed by atoms with Crippen LogP contribution in [0.15, 0.2) is 29.8 Å². The van der Waals surface area contributed by atoms with Gasteiger partial charge in [0, 0.05) is 6.42 Å². The Morgan fingerprint density at radius 2 is 2.05 bits per heavy atom. The van der Waals surface area contributed by atoms with Gasteiger partial charge < -0.3 is 0 Å². The third kappa shape index (κ3) is 5.45. The Bertz CT molecular complexity index is 502. The molecule has 0 radical (unpaired) electrons. The van der Waals surface area contributed by atoms with Crippen LogP contribution >= 0.6 is 0 Å². The SMILES string of the molecule is CCCCC(=O)C(=CCc1cc(C)ccc1F)C(C)CC. The van der Waals surface area contributed by atoms with E-state index in [2.05, 4.69) is 20.8 Å². The Labute approximate surface area is 128 Å². The predicted molar refractivity (Wildman–Crippen MR) is 86.9 cm³/mol. The Balaban J connectivity index is 2.92. The van der Waals surface area contributed by atoms with Gasteiger partial charge >= 0.3 is 0 Å². The first kappa shape index (κ1) is 17.6. The van der Waals surface area contributed by atoms with E-state index < -0.39 is 0 Å². The highest BCUT2D eigenvalue weighted by Gasteiger charge is 2.15. The third-order valence-corrected chi connectivity index (χ3v) is 3.97. The molecule has 0 amide bonds. The van der Waals surface area contributed by atoms with Crippen LogP contribution in [-0.4, -0.2) is 5.78 Å². The largest absolute Gasteiger partial charge is 0.295 e. The molecule has 116 valence electrons. The van der Waals surface area contributed by atoms with E-state index in [0.29, 0.717) is 18.4 Å². The molecule has 0 aromatic heterocycles. The maximum atomic E-state index is 13.8. The van der Waals surface area contributed by atoms with Crippen molar-refractivity contribution in [3.63, 3.8) is 0 Å². The van der Waals surface area contributed by atoms with Crippen molar-refractivity contribution in [1.29, 1.82) is 0 Å². The number of aryl methyl sites for hydroxylation is 1. The first-order chi connectivity index (χ1) is 9.99. The van der Waals surface area contributed by atoms with Crippen molar-refractivity contribution in [3.8, 4) is 0 Å². The topological polar surface area (TPSA) is 17.1 Å². The summed E-state index contributed by atoms with van der Waals surface area (Å²) < 4.78 is 13.8. The molecule has 1 rings (SSSR count). The van der Waals surface area contributed by atoms with Gasteiger partial charge in [-0.25, -0.2) is 4.39 Å². The Morgan fingerprint density at radius 3 is 2.67 bits per heavy atom. The van der Waals surface area contributed by atoms with Crippen molar-refractivity contribution in [3.05, 3.63) is 46.8 Å². The number of ketones is 1. The van der Waals surface area contributed by atoms with Crippen molar-refractivity contribution >= 4 is 5.78 Å². The van der Waals surface area contributed by atoms with E-state index >= 15 is 0 Å². The molecule has 0 saturated heterocycles. The third-order valence-electron chi connectivity index (χ3n) is 3.97. The van der Waals surface area contributed by atoms with Crippen molar-refractivity contribution in [1.82, 2.24) is 0 Å². The predicted octanol–water partition coefficient (Wildman–Crippen LogP) is 5.41. The monoisotopic (exact) mass is 290 g/mol. The van der Waals surface area contributed by atoms with Crippen LogP contribution < -0.4 is 0 Å². The highest BCUT2D eigenvalue weighted by molar-refractivity contribution is 5.95. The van der Waals surface area contributed by atoms with Crippen LogP contribution in [0, 0.1) is 18.7 Å². The van der Waals surface area contributed by atoms with Gasteiger partial charge in [-0.05, 0) is 49.3 Å². The summed E-state index contributed by atoms with van der Waals surface area (Å²) in [5.74, 6) is 0.267. The molecule has 0 aliphatic rings. The number of Topliss-reactive ketones (excluding diaryl/α,β-unsaturated/α-hetero) is 1. The molecule has 1 aromatic rings. The summed E-state index contributed by atoms with van der Waals surface area (Å²) >= 11 is 0. The maximum Gasteiger partial charge on any atom is 0.158 e.